The van der Waals surface area contributed by atoms with Crippen molar-refractivity contribution in [2.45, 2.75) is 37.9 Å². The molecule has 0 N–H and O–H groups in total. The van der Waals surface area contributed by atoms with Crippen LogP contribution >= 0.6 is 0 Å². The molecule has 0 unspecified atom stereocenters. The van der Waals surface area contributed by atoms with E-state index in [4.69, 9.17) is 14.2 Å². The van der Waals surface area contributed by atoms with Gasteiger partial charge in [0.05, 0.1) is 25.2 Å². The molecule has 0 saturated carbocycles. The molecule has 6 heteroatoms. The zero-order valence-electron chi connectivity index (χ0n) is 13.8. The van der Waals surface area contributed by atoms with Gasteiger partial charge in [0.25, 0.3) is 0 Å². The van der Waals surface area contributed by atoms with Gasteiger partial charge >= 0.3 is 5.97 Å². The topological polar surface area (TPSA) is 65.1 Å². The number of hydrogen-bond acceptors (Lipinski definition) is 5. The molecule has 3 heterocycles. The van der Waals surface area contributed by atoms with E-state index in [-0.39, 0.29) is 18.0 Å². The fourth-order valence-corrected chi connectivity index (χ4v) is 3.85. The van der Waals surface area contributed by atoms with E-state index in [9.17, 15) is 9.59 Å². The number of hydrogen-bond donors (Lipinski definition) is 0. The summed E-state index contributed by atoms with van der Waals surface area (Å²) in [5.74, 6) is -1.23. The summed E-state index contributed by atoms with van der Waals surface area (Å²) in [6.45, 7) is 4.22. The van der Waals surface area contributed by atoms with E-state index in [1.54, 1.807) is 12.0 Å². The number of carbonyl (C=O) groups is 2. The first-order valence-electron chi connectivity index (χ1n) is 8.44. The minimum absolute atomic E-state index is 0.00499. The van der Waals surface area contributed by atoms with Crippen molar-refractivity contribution in [2.75, 3.05) is 33.4 Å². The van der Waals surface area contributed by atoms with Crippen LogP contribution in [0.5, 0.6) is 0 Å². The van der Waals surface area contributed by atoms with Crippen LogP contribution in [-0.2, 0) is 23.8 Å². The molecular weight excluding hydrogens is 298 g/mol. The largest absolute Gasteiger partial charge is 0.465 e. The van der Waals surface area contributed by atoms with Crippen molar-refractivity contribution < 1.29 is 23.8 Å². The van der Waals surface area contributed by atoms with Crippen LogP contribution < -0.4 is 0 Å². The van der Waals surface area contributed by atoms with Crippen LogP contribution in [0.25, 0.3) is 0 Å². The number of amides is 1. The molecule has 4 atom stereocenters. The Balaban J connectivity index is 1.69. The normalized spacial score (nSPS) is 34.3. The Morgan fingerprint density at radius 1 is 1.43 bits per heavy atom. The number of nitrogens with zero attached hydrogens (tertiary/aromatic N) is 1. The second-order valence-corrected chi connectivity index (χ2v) is 6.53. The van der Waals surface area contributed by atoms with Crippen LogP contribution in [0.4, 0.5) is 0 Å². The van der Waals surface area contributed by atoms with Gasteiger partial charge in [-0.25, -0.2) is 0 Å². The van der Waals surface area contributed by atoms with Crippen molar-refractivity contribution in [2.24, 2.45) is 11.8 Å². The number of ether oxygens (including phenoxy) is 3. The van der Waals surface area contributed by atoms with Gasteiger partial charge in [-0.1, -0.05) is 25.5 Å². The van der Waals surface area contributed by atoms with Crippen LogP contribution in [0.3, 0.4) is 0 Å². The molecule has 1 amide bonds. The summed E-state index contributed by atoms with van der Waals surface area (Å²) in [4.78, 5) is 27.0. The zero-order chi connectivity index (χ0) is 16.4. The molecule has 0 aliphatic carbocycles. The van der Waals surface area contributed by atoms with E-state index in [1.807, 2.05) is 19.1 Å². The Labute approximate surface area is 136 Å². The lowest BCUT2D eigenvalue weighted by Crippen LogP contribution is -2.40. The van der Waals surface area contributed by atoms with E-state index in [0.717, 1.165) is 19.3 Å². The number of likely N-dealkylation sites (tertiary alicyclic amines) is 1. The van der Waals surface area contributed by atoms with E-state index in [2.05, 4.69) is 0 Å². The maximum absolute atomic E-state index is 12.8. The van der Waals surface area contributed by atoms with Gasteiger partial charge in [-0.05, 0) is 12.8 Å². The van der Waals surface area contributed by atoms with Crippen LogP contribution in [0.15, 0.2) is 12.2 Å². The van der Waals surface area contributed by atoms with E-state index in [1.165, 1.54) is 0 Å². The lowest BCUT2D eigenvalue weighted by Gasteiger charge is -2.22. The number of unbranched alkanes of at least 4 members (excludes halogenated alkanes) is 1. The molecule has 128 valence electrons. The molecule has 2 fully saturated rings. The average molecular weight is 323 g/mol. The molecule has 6 nitrogen and oxygen atoms in total. The highest BCUT2D eigenvalue weighted by Crippen LogP contribution is 2.52. The maximum Gasteiger partial charge on any atom is 0.312 e. The van der Waals surface area contributed by atoms with Gasteiger partial charge in [-0.15, -0.1) is 0 Å². The molecule has 1 spiro atoms. The maximum atomic E-state index is 12.8. The summed E-state index contributed by atoms with van der Waals surface area (Å²) >= 11 is 0. The molecule has 0 aromatic rings. The standard InChI is InChI=1S/C17H25NO5/c1-3-4-10-22-16(20)13-12-6-7-17(23-12)11-18(8-5-9-21-2)15(19)14(13)17/h6-7,12-14H,3-5,8-11H2,1-2H3/t12-,13-,14+,17-/m1/s1. The minimum atomic E-state index is -0.636. The summed E-state index contributed by atoms with van der Waals surface area (Å²) in [5.41, 5.74) is -0.636. The highest BCUT2D eigenvalue weighted by Gasteiger charge is 2.67. The Hall–Kier alpha value is -1.40. The minimum Gasteiger partial charge on any atom is -0.465 e. The van der Waals surface area contributed by atoms with Gasteiger partial charge in [0.2, 0.25) is 5.91 Å². The molecule has 0 aromatic heterocycles. The molecule has 23 heavy (non-hydrogen) atoms. The fourth-order valence-electron chi connectivity index (χ4n) is 3.85. The molecule has 2 saturated heterocycles. The second kappa shape index (κ2) is 6.61. The lowest BCUT2D eigenvalue weighted by molar-refractivity contribution is -0.153. The Kier molecular flexibility index (Phi) is 4.73. The van der Waals surface area contributed by atoms with Crippen molar-refractivity contribution in [3.8, 4) is 0 Å². The van der Waals surface area contributed by atoms with E-state index >= 15 is 0 Å². The number of esters is 1. The van der Waals surface area contributed by atoms with Crippen LogP contribution in [-0.4, -0.2) is 61.9 Å². The number of methoxy groups -OCH3 is 1. The second-order valence-electron chi connectivity index (χ2n) is 6.53. The molecule has 3 rings (SSSR count). The van der Waals surface area contributed by atoms with Gasteiger partial charge in [-0.2, -0.15) is 0 Å². The summed E-state index contributed by atoms with van der Waals surface area (Å²) in [6.07, 6.45) is 6.15. The third-order valence-electron chi connectivity index (χ3n) is 4.97. The molecular formula is C17H25NO5. The summed E-state index contributed by atoms with van der Waals surface area (Å²) in [7, 11) is 1.65. The molecule has 2 bridgehead atoms. The smallest absolute Gasteiger partial charge is 0.312 e. The molecule has 0 radical (unpaired) electrons. The van der Waals surface area contributed by atoms with Crippen molar-refractivity contribution in [3.05, 3.63) is 12.2 Å². The third kappa shape index (κ3) is 2.78. The fraction of sp³-hybridized carbons (Fsp3) is 0.765. The van der Waals surface area contributed by atoms with Gasteiger partial charge in [0.1, 0.15) is 11.5 Å². The number of fused-ring (bicyclic) bond motifs is 1. The third-order valence-corrected chi connectivity index (χ3v) is 4.97. The Bertz CT molecular complexity index is 505. The van der Waals surface area contributed by atoms with Crippen LogP contribution in [0.1, 0.15) is 26.2 Å². The first kappa shape index (κ1) is 16.5. The van der Waals surface area contributed by atoms with Gasteiger partial charge in [-0.3, -0.25) is 9.59 Å². The van der Waals surface area contributed by atoms with Crippen molar-refractivity contribution in [1.82, 2.24) is 4.90 Å². The quantitative estimate of drug-likeness (QED) is 0.381. The predicted molar refractivity (Wildman–Crippen MR) is 82.7 cm³/mol. The van der Waals surface area contributed by atoms with Crippen molar-refractivity contribution in [3.63, 3.8) is 0 Å². The van der Waals surface area contributed by atoms with E-state index < -0.39 is 17.4 Å². The average Bonchev–Trinajstić information content (AvgIpc) is 3.16. The number of carbonyl (C=O) groups excluding carboxylic acids is 2. The van der Waals surface area contributed by atoms with Crippen molar-refractivity contribution >= 4 is 11.9 Å². The molecule has 0 aromatic carbocycles. The van der Waals surface area contributed by atoms with Crippen molar-refractivity contribution in [1.29, 1.82) is 0 Å². The first-order chi connectivity index (χ1) is 11.1. The Morgan fingerprint density at radius 2 is 2.26 bits per heavy atom. The predicted octanol–water partition coefficient (Wildman–Crippen LogP) is 1.15. The highest BCUT2D eigenvalue weighted by atomic mass is 16.6. The van der Waals surface area contributed by atoms with Gasteiger partial charge < -0.3 is 19.1 Å². The van der Waals surface area contributed by atoms with Gasteiger partial charge in [0, 0.05) is 20.3 Å². The van der Waals surface area contributed by atoms with E-state index in [0.29, 0.717) is 26.3 Å². The SMILES string of the molecule is CCCCOC(=O)[C@H]1[C@H]2C(=O)N(CCCOC)C[C@]23C=C[C@H]1O3. The Morgan fingerprint density at radius 3 is 3.00 bits per heavy atom. The summed E-state index contributed by atoms with van der Waals surface area (Å²) in [6, 6.07) is 0. The molecule has 3 aliphatic rings. The van der Waals surface area contributed by atoms with Gasteiger partial charge in [0.15, 0.2) is 0 Å². The van der Waals surface area contributed by atoms with Crippen LogP contribution in [0.2, 0.25) is 0 Å². The molecule has 3 aliphatic heterocycles. The van der Waals surface area contributed by atoms with Crippen LogP contribution in [0, 0.1) is 11.8 Å². The first-order valence-corrected chi connectivity index (χ1v) is 8.44. The highest BCUT2D eigenvalue weighted by molar-refractivity contribution is 5.91. The number of rotatable bonds is 8. The summed E-state index contributed by atoms with van der Waals surface area (Å²) in [5, 5.41) is 0. The monoisotopic (exact) mass is 323 g/mol. The summed E-state index contributed by atoms with van der Waals surface area (Å²) < 4.78 is 16.4. The zero-order valence-corrected chi connectivity index (χ0v) is 13.8. The lowest BCUT2D eigenvalue weighted by atomic mass is 9.77.